The molecule has 0 unspecified atom stereocenters. The maximum atomic E-state index is 11.3. The zero-order valence-corrected chi connectivity index (χ0v) is 8.72. The molecule has 0 radical (unpaired) electrons. The van der Waals surface area contributed by atoms with Crippen LogP contribution in [-0.4, -0.2) is 10.4 Å². The monoisotopic (exact) mass is 207 g/mol. The molecule has 0 saturated heterocycles. The Bertz CT molecular complexity index is 565. The average Bonchev–Trinajstić information content (AvgIpc) is 2.42. The van der Waals surface area contributed by atoms with E-state index in [4.69, 9.17) is 0 Å². The van der Waals surface area contributed by atoms with Crippen molar-refractivity contribution in [3.8, 4) is 0 Å². The Morgan fingerprint density at radius 3 is 2.79 bits per heavy atom. The van der Waals surface area contributed by atoms with Crippen molar-refractivity contribution in [3.05, 3.63) is 33.4 Å². The summed E-state index contributed by atoms with van der Waals surface area (Å²) in [4.78, 5) is 22.4. The number of nitrogens with zero attached hydrogens (tertiary/aromatic N) is 1. The zero-order chi connectivity index (χ0) is 10.3. The Morgan fingerprint density at radius 1 is 1.43 bits per heavy atom. The molecular formula is C10H9NO2S. The number of aromatic nitrogens is 1. The summed E-state index contributed by atoms with van der Waals surface area (Å²) >= 11 is 1.17. The number of Topliss-reactive ketones (excluding diaryl/α,β-unsaturated/α-hetero) is 1. The number of hydrogen-bond donors (Lipinski definition) is 0. The van der Waals surface area contributed by atoms with Crippen LogP contribution in [0.15, 0.2) is 23.0 Å². The Morgan fingerprint density at radius 2 is 2.14 bits per heavy atom. The molecule has 0 aliphatic heterocycles. The molecule has 4 heteroatoms. The van der Waals surface area contributed by atoms with Crippen LogP contribution in [0.25, 0.3) is 10.2 Å². The summed E-state index contributed by atoms with van der Waals surface area (Å²) < 4.78 is 2.45. The van der Waals surface area contributed by atoms with E-state index in [0.29, 0.717) is 5.56 Å². The quantitative estimate of drug-likeness (QED) is 0.669. The molecule has 0 saturated carbocycles. The molecule has 2 rings (SSSR count). The largest absolute Gasteiger partial charge is 0.307 e. The van der Waals surface area contributed by atoms with E-state index < -0.39 is 0 Å². The minimum Gasteiger partial charge on any atom is -0.302 e. The van der Waals surface area contributed by atoms with Crippen LogP contribution in [0, 0.1) is 0 Å². The van der Waals surface area contributed by atoms with Crippen LogP contribution < -0.4 is 4.87 Å². The fraction of sp³-hybridized carbons (Fsp3) is 0.200. The molecule has 0 spiro atoms. The fourth-order valence-electron chi connectivity index (χ4n) is 1.35. The van der Waals surface area contributed by atoms with Gasteiger partial charge in [-0.3, -0.25) is 9.59 Å². The molecule has 0 aliphatic rings. The first kappa shape index (κ1) is 9.15. The second-order valence-electron chi connectivity index (χ2n) is 3.17. The SMILES string of the molecule is CC(=O)c1ccc2c(c1)sc(=O)n2C. The molecule has 14 heavy (non-hydrogen) atoms. The van der Waals surface area contributed by atoms with Gasteiger partial charge in [0.2, 0.25) is 0 Å². The number of carbonyl (C=O) groups excluding carboxylic acids is 1. The van der Waals surface area contributed by atoms with Crippen LogP contribution >= 0.6 is 11.3 Å². The Labute approximate surface area is 84.6 Å². The third-order valence-corrected chi connectivity index (χ3v) is 3.19. The first-order valence-electron chi connectivity index (χ1n) is 4.20. The second-order valence-corrected chi connectivity index (χ2v) is 4.16. The van der Waals surface area contributed by atoms with Crippen molar-refractivity contribution in [1.82, 2.24) is 4.57 Å². The lowest BCUT2D eigenvalue weighted by atomic mass is 10.1. The minimum absolute atomic E-state index is 0.000650. The first-order chi connectivity index (χ1) is 6.59. The second kappa shape index (κ2) is 3.06. The number of rotatable bonds is 1. The molecule has 0 N–H and O–H groups in total. The van der Waals surface area contributed by atoms with Crippen LogP contribution in [0.4, 0.5) is 0 Å². The van der Waals surface area contributed by atoms with E-state index >= 15 is 0 Å². The third-order valence-electron chi connectivity index (χ3n) is 2.20. The summed E-state index contributed by atoms with van der Waals surface area (Å²) in [5.41, 5.74) is 1.53. The number of hydrogen-bond acceptors (Lipinski definition) is 3. The van der Waals surface area contributed by atoms with Crippen LogP contribution in [-0.2, 0) is 7.05 Å². The number of benzene rings is 1. The Kier molecular flexibility index (Phi) is 2.00. The van der Waals surface area contributed by atoms with Crippen molar-refractivity contribution in [2.24, 2.45) is 7.05 Å². The van der Waals surface area contributed by atoms with Crippen LogP contribution in [0.5, 0.6) is 0 Å². The Hall–Kier alpha value is -1.42. The van der Waals surface area contributed by atoms with Gasteiger partial charge in [-0.25, -0.2) is 0 Å². The molecular weight excluding hydrogens is 198 g/mol. The van der Waals surface area contributed by atoms with Crippen molar-refractivity contribution in [2.45, 2.75) is 6.92 Å². The molecule has 3 nitrogen and oxygen atoms in total. The standard InChI is InChI=1S/C10H9NO2S/c1-6(12)7-3-4-8-9(5-7)14-10(13)11(8)2/h3-5H,1-2H3. The van der Waals surface area contributed by atoms with Gasteiger partial charge in [0.15, 0.2) is 5.78 Å². The topological polar surface area (TPSA) is 39.1 Å². The summed E-state index contributed by atoms with van der Waals surface area (Å²) in [5, 5.41) is 0. The summed E-state index contributed by atoms with van der Waals surface area (Å²) in [6, 6.07) is 5.32. The number of ketones is 1. The highest BCUT2D eigenvalue weighted by atomic mass is 32.1. The van der Waals surface area contributed by atoms with Gasteiger partial charge >= 0.3 is 4.87 Å². The van der Waals surface area contributed by atoms with Crippen LogP contribution in [0.2, 0.25) is 0 Å². The molecule has 1 aromatic carbocycles. The van der Waals surface area contributed by atoms with Gasteiger partial charge in [-0.1, -0.05) is 11.3 Å². The average molecular weight is 207 g/mol. The zero-order valence-electron chi connectivity index (χ0n) is 7.90. The Balaban J connectivity index is 2.80. The van der Waals surface area contributed by atoms with Gasteiger partial charge in [0.1, 0.15) is 0 Å². The molecule has 0 bridgehead atoms. The lowest BCUT2D eigenvalue weighted by Crippen LogP contribution is -2.06. The van der Waals surface area contributed by atoms with Gasteiger partial charge in [-0.15, -0.1) is 0 Å². The number of aryl methyl sites for hydroxylation is 1. The van der Waals surface area contributed by atoms with E-state index in [9.17, 15) is 9.59 Å². The normalized spacial score (nSPS) is 10.7. The third kappa shape index (κ3) is 1.28. The summed E-state index contributed by atoms with van der Waals surface area (Å²) in [7, 11) is 1.73. The summed E-state index contributed by atoms with van der Waals surface area (Å²) in [6.07, 6.45) is 0. The molecule has 72 valence electrons. The maximum Gasteiger partial charge on any atom is 0.307 e. The summed E-state index contributed by atoms with van der Waals surface area (Å²) in [6.45, 7) is 1.52. The minimum atomic E-state index is 0.000650. The highest BCUT2D eigenvalue weighted by Gasteiger charge is 2.06. The van der Waals surface area contributed by atoms with E-state index in [0.717, 1.165) is 10.2 Å². The van der Waals surface area contributed by atoms with E-state index in [1.807, 2.05) is 6.07 Å². The van der Waals surface area contributed by atoms with Gasteiger partial charge in [-0.05, 0) is 25.1 Å². The number of fused-ring (bicyclic) bond motifs is 1. The van der Waals surface area contributed by atoms with Crippen molar-refractivity contribution >= 4 is 27.3 Å². The summed E-state index contributed by atoms with van der Waals surface area (Å²) in [5.74, 6) is 0.0235. The van der Waals surface area contributed by atoms with Crippen LogP contribution in [0.3, 0.4) is 0 Å². The number of carbonyl (C=O) groups is 1. The van der Waals surface area contributed by atoms with Crippen molar-refractivity contribution in [2.75, 3.05) is 0 Å². The fourth-order valence-corrected chi connectivity index (χ4v) is 2.27. The molecule has 0 aliphatic carbocycles. The lowest BCUT2D eigenvalue weighted by molar-refractivity contribution is 0.101. The predicted octanol–water partition coefficient (Wildman–Crippen LogP) is 1.80. The maximum absolute atomic E-state index is 11.3. The molecule has 2 aromatic rings. The van der Waals surface area contributed by atoms with E-state index in [2.05, 4.69) is 0 Å². The highest BCUT2D eigenvalue weighted by Crippen LogP contribution is 2.18. The molecule has 1 heterocycles. The van der Waals surface area contributed by atoms with Crippen molar-refractivity contribution in [3.63, 3.8) is 0 Å². The van der Waals surface area contributed by atoms with Gasteiger partial charge in [0.05, 0.1) is 10.2 Å². The molecule has 0 fully saturated rings. The predicted molar refractivity (Wildman–Crippen MR) is 57.1 cm³/mol. The smallest absolute Gasteiger partial charge is 0.302 e. The molecule has 1 aromatic heterocycles. The van der Waals surface area contributed by atoms with Gasteiger partial charge in [-0.2, -0.15) is 0 Å². The first-order valence-corrected chi connectivity index (χ1v) is 5.02. The molecule has 0 amide bonds. The van der Waals surface area contributed by atoms with Crippen molar-refractivity contribution in [1.29, 1.82) is 0 Å². The van der Waals surface area contributed by atoms with Crippen LogP contribution in [0.1, 0.15) is 17.3 Å². The van der Waals surface area contributed by atoms with Gasteiger partial charge < -0.3 is 4.57 Å². The van der Waals surface area contributed by atoms with E-state index in [1.165, 1.54) is 18.3 Å². The van der Waals surface area contributed by atoms with Gasteiger partial charge in [0.25, 0.3) is 0 Å². The highest BCUT2D eigenvalue weighted by molar-refractivity contribution is 7.16. The molecule has 0 atom stereocenters. The van der Waals surface area contributed by atoms with Gasteiger partial charge in [0, 0.05) is 12.6 Å². The van der Waals surface area contributed by atoms with E-state index in [1.54, 1.807) is 23.7 Å². The number of thiazole rings is 1. The van der Waals surface area contributed by atoms with E-state index in [-0.39, 0.29) is 10.7 Å². The van der Waals surface area contributed by atoms with Crippen molar-refractivity contribution < 1.29 is 4.79 Å². The lowest BCUT2D eigenvalue weighted by Gasteiger charge is -1.96.